The van der Waals surface area contributed by atoms with E-state index in [1.54, 1.807) is 0 Å². The first-order valence-corrected chi connectivity index (χ1v) is 6.02. The first-order chi connectivity index (χ1) is 7.58. The predicted octanol–water partition coefficient (Wildman–Crippen LogP) is 1.88. The summed E-state index contributed by atoms with van der Waals surface area (Å²) in [4.78, 5) is 4.03. The number of hydrogen-bond acceptors (Lipinski definition) is 1. The molecule has 0 aromatic rings. The number of nitrogens with zero attached hydrogens (tertiary/aromatic N) is 1. The molecule has 2 saturated carbocycles. The van der Waals surface area contributed by atoms with E-state index < -0.39 is 11.8 Å². The molecule has 2 aliphatic rings. The number of rotatable bonds is 3. The molecule has 1 atom stereocenters. The molecular formula is C11H19F2N3. The van der Waals surface area contributed by atoms with E-state index in [4.69, 9.17) is 5.73 Å². The fraction of sp³-hybridized carbons (Fsp3) is 0.909. The van der Waals surface area contributed by atoms with E-state index in [-0.39, 0.29) is 13.0 Å². The van der Waals surface area contributed by atoms with Crippen LogP contribution in [0.3, 0.4) is 0 Å². The molecule has 3 N–H and O–H groups in total. The Labute approximate surface area is 94.5 Å². The number of hydrogen-bond donors (Lipinski definition) is 2. The van der Waals surface area contributed by atoms with E-state index in [0.717, 1.165) is 12.8 Å². The molecule has 0 bridgehead atoms. The van der Waals surface area contributed by atoms with Gasteiger partial charge in [0, 0.05) is 18.4 Å². The van der Waals surface area contributed by atoms with E-state index in [1.807, 2.05) is 0 Å². The van der Waals surface area contributed by atoms with Gasteiger partial charge in [0.15, 0.2) is 5.96 Å². The van der Waals surface area contributed by atoms with Gasteiger partial charge in [0.25, 0.3) is 5.92 Å². The van der Waals surface area contributed by atoms with Gasteiger partial charge in [-0.3, -0.25) is 4.99 Å². The van der Waals surface area contributed by atoms with Gasteiger partial charge in [0.1, 0.15) is 0 Å². The molecule has 2 rings (SSSR count). The van der Waals surface area contributed by atoms with Gasteiger partial charge in [-0.2, -0.15) is 0 Å². The number of alkyl halides is 2. The number of guanidine groups is 1. The average molecular weight is 231 g/mol. The van der Waals surface area contributed by atoms with E-state index in [0.29, 0.717) is 24.8 Å². The third-order valence-electron chi connectivity index (χ3n) is 3.60. The van der Waals surface area contributed by atoms with Gasteiger partial charge in [-0.15, -0.1) is 0 Å². The van der Waals surface area contributed by atoms with Crippen LogP contribution in [0.4, 0.5) is 8.78 Å². The number of nitrogens with one attached hydrogen (secondary N) is 1. The third kappa shape index (κ3) is 2.62. The van der Waals surface area contributed by atoms with Gasteiger partial charge < -0.3 is 11.1 Å². The maximum absolute atomic E-state index is 13.3. The van der Waals surface area contributed by atoms with Gasteiger partial charge in [-0.1, -0.05) is 0 Å². The normalized spacial score (nSPS) is 30.1. The molecule has 0 heterocycles. The molecule has 0 amide bonds. The van der Waals surface area contributed by atoms with Gasteiger partial charge in [0.05, 0.1) is 6.54 Å². The van der Waals surface area contributed by atoms with Crippen LogP contribution in [0.25, 0.3) is 0 Å². The molecule has 0 aliphatic heterocycles. The van der Waals surface area contributed by atoms with Crippen molar-refractivity contribution in [2.45, 2.75) is 50.5 Å². The van der Waals surface area contributed by atoms with Crippen molar-refractivity contribution in [1.29, 1.82) is 0 Å². The van der Waals surface area contributed by atoms with Crippen molar-refractivity contribution in [2.24, 2.45) is 16.6 Å². The minimum absolute atomic E-state index is 0.00312. The van der Waals surface area contributed by atoms with Crippen LogP contribution < -0.4 is 11.1 Å². The summed E-state index contributed by atoms with van der Waals surface area (Å²) in [6, 6.07) is 0.410. The maximum Gasteiger partial charge on any atom is 0.252 e. The van der Waals surface area contributed by atoms with E-state index in [1.165, 1.54) is 6.42 Å². The van der Waals surface area contributed by atoms with Crippen molar-refractivity contribution >= 4 is 5.96 Å². The first kappa shape index (κ1) is 11.6. The molecule has 1 unspecified atom stereocenters. The summed E-state index contributed by atoms with van der Waals surface area (Å²) in [5.41, 5.74) is 5.64. The second-order valence-electron chi connectivity index (χ2n) is 4.85. The van der Waals surface area contributed by atoms with Crippen molar-refractivity contribution in [3.05, 3.63) is 0 Å². The average Bonchev–Trinajstić information content (AvgIpc) is 2.48. The molecule has 0 saturated heterocycles. The van der Waals surface area contributed by atoms with Crippen LogP contribution in [0.1, 0.15) is 38.5 Å². The highest BCUT2D eigenvalue weighted by atomic mass is 19.3. The number of aliphatic imine (C=N–C) groups is 1. The molecule has 5 heteroatoms. The minimum atomic E-state index is -2.54. The standard InChI is InChI=1S/C11H19F2N3/c12-11(13)6-2-3-8(11)7-15-10(14)16-9-4-1-5-9/h8-9H,1-7H2,(H3,14,15,16). The van der Waals surface area contributed by atoms with Crippen molar-refractivity contribution in [3.8, 4) is 0 Å². The number of nitrogens with two attached hydrogens (primary N) is 1. The smallest absolute Gasteiger partial charge is 0.252 e. The molecule has 0 spiro atoms. The van der Waals surface area contributed by atoms with Gasteiger partial charge in [0.2, 0.25) is 0 Å². The maximum atomic E-state index is 13.3. The van der Waals surface area contributed by atoms with Crippen molar-refractivity contribution in [3.63, 3.8) is 0 Å². The Hall–Kier alpha value is -0.870. The molecule has 0 aromatic heterocycles. The van der Waals surface area contributed by atoms with Crippen LogP contribution >= 0.6 is 0 Å². The molecule has 92 valence electrons. The van der Waals surface area contributed by atoms with Crippen molar-refractivity contribution < 1.29 is 8.78 Å². The summed E-state index contributed by atoms with van der Waals surface area (Å²) in [6.45, 7) is 0.151. The molecule has 2 fully saturated rings. The highest BCUT2D eigenvalue weighted by Gasteiger charge is 2.43. The van der Waals surface area contributed by atoms with Gasteiger partial charge in [-0.05, 0) is 32.1 Å². The Bertz CT molecular complexity index is 274. The lowest BCUT2D eigenvalue weighted by molar-refractivity contribution is -0.0330. The highest BCUT2D eigenvalue weighted by Crippen LogP contribution is 2.40. The fourth-order valence-electron chi connectivity index (χ4n) is 2.24. The highest BCUT2D eigenvalue weighted by molar-refractivity contribution is 5.78. The summed E-state index contributed by atoms with van der Waals surface area (Å²) >= 11 is 0. The summed E-state index contributed by atoms with van der Waals surface area (Å²) in [6.07, 6.45) is 4.59. The predicted molar refractivity (Wildman–Crippen MR) is 59.6 cm³/mol. The first-order valence-electron chi connectivity index (χ1n) is 6.02. The SMILES string of the molecule is NC(=NCC1CCCC1(F)F)NC1CCC1. The summed E-state index contributed by atoms with van der Waals surface area (Å²) < 4.78 is 26.5. The second kappa shape index (κ2) is 4.55. The van der Waals surface area contributed by atoms with E-state index in [2.05, 4.69) is 10.3 Å². The largest absolute Gasteiger partial charge is 0.370 e. The Morgan fingerprint density at radius 2 is 2.06 bits per heavy atom. The monoisotopic (exact) mass is 231 g/mol. The van der Waals surface area contributed by atoms with Crippen molar-refractivity contribution in [1.82, 2.24) is 5.32 Å². The zero-order valence-corrected chi connectivity index (χ0v) is 9.38. The zero-order valence-electron chi connectivity index (χ0n) is 9.38. The van der Waals surface area contributed by atoms with Crippen LogP contribution in [0.2, 0.25) is 0 Å². The van der Waals surface area contributed by atoms with Gasteiger partial charge >= 0.3 is 0 Å². The van der Waals surface area contributed by atoms with Crippen LogP contribution in [0.15, 0.2) is 4.99 Å². The van der Waals surface area contributed by atoms with Crippen molar-refractivity contribution in [2.75, 3.05) is 6.54 Å². The van der Waals surface area contributed by atoms with E-state index >= 15 is 0 Å². The Balaban J connectivity index is 1.78. The molecule has 2 aliphatic carbocycles. The van der Waals surface area contributed by atoms with E-state index in [9.17, 15) is 8.78 Å². The zero-order chi connectivity index (χ0) is 11.6. The topological polar surface area (TPSA) is 50.4 Å². The molecule has 16 heavy (non-hydrogen) atoms. The summed E-state index contributed by atoms with van der Waals surface area (Å²) in [5.74, 6) is -2.83. The third-order valence-corrected chi connectivity index (χ3v) is 3.60. The molecular weight excluding hydrogens is 212 g/mol. The van der Waals surface area contributed by atoms with Crippen LogP contribution in [0, 0.1) is 5.92 Å². The lowest BCUT2D eigenvalue weighted by atomic mass is 9.93. The second-order valence-corrected chi connectivity index (χ2v) is 4.85. The van der Waals surface area contributed by atoms with Crippen LogP contribution in [-0.2, 0) is 0 Å². The summed E-state index contributed by atoms with van der Waals surface area (Å²) in [7, 11) is 0. The Morgan fingerprint density at radius 3 is 2.56 bits per heavy atom. The van der Waals surface area contributed by atoms with Crippen LogP contribution in [0.5, 0.6) is 0 Å². The quantitative estimate of drug-likeness (QED) is 0.575. The molecule has 0 radical (unpaired) electrons. The Kier molecular flexibility index (Phi) is 3.30. The lowest BCUT2D eigenvalue weighted by Crippen LogP contribution is -2.44. The van der Waals surface area contributed by atoms with Gasteiger partial charge in [-0.25, -0.2) is 8.78 Å². The van der Waals surface area contributed by atoms with Crippen LogP contribution in [-0.4, -0.2) is 24.5 Å². The fourth-order valence-corrected chi connectivity index (χ4v) is 2.24. The Morgan fingerprint density at radius 1 is 1.31 bits per heavy atom. The molecule has 3 nitrogen and oxygen atoms in total. The minimum Gasteiger partial charge on any atom is -0.370 e. The lowest BCUT2D eigenvalue weighted by Gasteiger charge is -2.27. The molecule has 0 aromatic carbocycles. The summed E-state index contributed by atoms with van der Waals surface area (Å²) in [5, 5.41) is 3.05. The number of halogens is 2.